The molecule has 0 amide bonds. The third kappa shape index (κ3) is 2.88. The van der Waals surface area contributed by atoms with E-state index in [-0.39, 0.29) is 0 Å². The second-order valence-electron chi connectivity index (χ2n) is 2.25. The molecule has 4 heteroatoms. The van der Waals surface area contributed by atoms with Crippen molar-refractivity contribution >= 4 is 35.1 Å². The minimum atomic E-state index is 0.578. The Kier molecular flexibility index (Phi) is 4.03. The molecule has 0 aromatic heterocycles. The van der Waals surface area contributed by atoms with Crippen LogP contribution in [0.2, 0.25) is 5.02 Å². The molecule has 68 valence electrons. The van der Waals surface area contributed by atoms with Crippen LogP contribution >= 0.6 is 23.4 Å². The smallest absolute Gasteiger partial charge is 0.211 e. The molecule has 0 bridgehead atoms. The van der Waals surface area contributed by atoms with Gasteiger partial charge in [-0.15, -0.1) is 11.8 Å². The predicted molar refractivity (Wildman–Crippen MR) is 55.6 cm³/mol. The van der Waals surface area contributed by atoms with Gasteiger partial charge in [0.2, 0.25) is 6.08 Å². The Bertz CT molecular complexity index is 347. The van der Waals surface area contributed by atoms with Crippen LogP contribution in [0.1, 0.15) is 6.92 Å². The van der Waals surface area contributed by atoms with E-state index >= 15 is 0 Å². The lowest BCUT2D eigenvalue weighted by Crippen LogP contribution is -1.75. The highest BCUT2D eigenvalue weighted by molar-refractivity contribution is 7.99. The van der Waals surface area contributed by atoms with Crippen LogP contribution in [0.15, 0.2) is 28.1 Å². The van der Waals surface area contributed by atoms with Gasteiger partial charge in [-0.2, -0.15) is 4.99 Å². The molecule has 1 aromatic carbocycles. The normalized spacial score (nSPS) is 9.38. The van der Waals surface area contributed by atoms with Crippen molar-refractivity contribution in [2.75, 3.05) is 5.75 Å². The van der Waals surface area contributed by atoms with Crippen LogP contribution in [0.25, 0.3) is 0 Å². The third-order valence-corrected chi connectivity index (χ3v) is 2.57. The number of hydrogen-bond acceptors (Lipinski definition) is 3. The fourth-order valence-corrected chi connectivity index (χ4v) is 1.80. The lowest BCUT2D eigenvalue weighted by molar-refractivity contribution is 0.565. The van der Waals surface area contributed by atoms with Gasteiger partial charge in [0.05, 0.1) is 5.69 Å². The van der Waals surface area contributed by atoms with Gasteiger partial charge in [-0.3, -0.25) is 0 Å². The first-order chi connectivity index (χ1) is 6.27. The van der Waals surface area contributed by atoms with Crippen molar-refractivity contribution in [1.82, 2.24) is 0 Å². The summed E-state index contributed by atoms with van der Waals surface area (Å²) in [7, 11) is 0. The summed E-state index contributed by atoms with van der Waals surface area (Å²) in [6, 6.07) is 5.29. The third-order valence-electron chi connectivity index (χ3n) is 1.39. The number of nitrogens with zero attached hydrogens (tertiary/aromatic N) is 1. The van der Waals surface area contributed by atoms with E-state index in [2.05, 4.69) is 4.99 Å². The SMILES string of the molecule is CCSc1ccc(Cl)cc1N=C=O. The topological polar surface area (TPSA) is 29.4 Å². The van der Waals surface area contributed by atoms with Gasteiger partial charge in [0.1, 0.15) is 0 Å². The van der Waals surface area contributed by atoms with E-state index in [0.29, 0.717) is 10.7 Å². The average molecular weight is 214 g/mol. The van der Waals surface area contributed by atoms with Gasteiger partial charge in [0, 0.05) is 9.92 Å². The summed E-state index contributed by atoms with van der Waals surface area (Å²) in [4.78, 5) is 14.6. The summed E-state index contributed by atoms with van der Waals surface area (Å²) < 4.78 is 0. The van der Waals surface area contributed by atoms with Gasteiger partial charge >= 0.3 is 0 Å². The van der Waals surface area contributed by atoms with Crippen LogP contribution in [-0.4, -0.2) is 11.8 Å². The monoisotopic (exact) mass is 213 g/mol. The Labute approximate surface area is 86.0 Å². The van der Waals surface area contributed by atoms with E-state index in [1.54, 1.807) is 23.9 Å². The van der Waals surface area contributed by atoms with Crippen molar-refractivity contribution in [1.29, 1.82) is 0 Å². The first kappa shape index (κ1) is 10.3. The number of aliphatic imine (C=N–C) groups is 1. The molecule has 0 heterocycles. The second-order valence-corrected chi connectivity index (χ2v) is 3.99. The molecule has 0 fully saturated rings. The number of rotatable bonds is 3. The second kappa shape index (κ2) is 5.07. The highest BCUT2D eigenvalue weighted by atomic mass is 35.5. The van der Waals surface area contributed by atoms with E-state index in [9.17, 15) is 4.79 Å². The summed E-state index contributed by atoms with van der Waals surface area (Å²) in [5, 5.41) is 0.578. The largest absolute Gasteiger partial charge is 0.240 e. The van der Waals surface area contributed by atoms with Crippen molar-refractivity contribution in [3.8, 4) is 0 Å². The number of isocyanates is 1. The van der Waals surface area contributed by atoms with Crippen LogP contribution in [0.4, 0.5) is 5.69 Å². The highest BCUT2D eigenvalue weighted by Crippen LogP contribution is 2.31. The van der Waals surface area contributed by atoms with Crippen molar-refractivity contribution in [2.24, 2.45) is 4.99 Å². The fourth-order valence-electron chi connectivity index (χ4n) is 0.905. The molecular weight excluding hydrogens is 206 g/mol. The average Bonchev–Trinajstić information content (AvgIpc) is 2.10. The first-order valence-corrected chi connectivity index (χ1v) is 5.14. The summed E-state index contributed by atoms with van der Waals surface area (Å²) in [6.07, 6.45) is 1.51. The number of hydrogen-bond donors (Lipinski definition) is 0. The fraction of sp³-hybridized carbons (Fsp3) is 0.222. The van der Waals surface area contributed by atoms with Crippen molar-refractivity contribution in [3.05, 3.63) is 23.2 Å². The summed E-state index contributed by atoms with van der Waals surface area (Å²) in [6.45, 7) is 2.04. The molecule has 0 saturated carbocycles. The van der Waals surface area contributed by atoms with Crippen molar-refractivity contribution in [3.63, 3.8) is 0 Å². The lowest BCUT2D eigenvalue weighted by Gasteiger charge is -2.01. The Morgan fingerprint density at radius 3 is 3.00 bits per heavy atom. The lowest BCUT2D eigenvalue weighted by atomic mass is 10.3. The molecule has 1 aromatic rings. The zero-order valence-corrected chi connectivity index (χ0v) is 8.65. The van der Waals surface area contributed by atoms with Crippen LogP contribution in [-0.2, 0) is 4.79 Å². The molecule has 0 aliphatic rings. The van der Waals surface area contributed by atoms with Gasteiger partial charge in [-0.1, -0.05) is 18.5 Å². The first-order valence-electron chi connectivity index (χ1n) is 3.78. The molecule has 0 saturated heterocycles. The number of thioether (sulfide) groups is 1. The van der Waals surface area contributed by atoms with Gasteiger partial charge in [0.25, 0.3) is 0 Å². The van der Waals surface area contributed by atoms with Gasteiger partial charge in [0.15, 0.2) is 0 Å². The van der Waals surface area contributed by atoms with E-state index in [4.69, 9.17) is 11.6 Å². The van der Waals surface area contributed by atoms with Crippen LogP contribution in [0.5, 0.6) is 0 Å². The summed E-state index contributed by atoms with van der Waals surface area (Å²) >= 11 is 7.37. The quantitative estimate of drug-likeness (QED) is 0.438. The van der Waals surface area contributed by atoms with Gasteiger partial charge in [-0.25, -0.2) is 4.79 Å². The Balaban J connectivity index is 3.10. The van der Waals surface area contributed by atoms with E-state index in [1.165, 1.54) is 6.08 Å². The Morgan fingerprint density at radius 1 is 1.62 bits per heavy atom. The van der Waals surface area contributed by atoms with Crippen LogP contribution < -0.4 is 0 Å². The van der Waals surface area contributed by atoms with Crippen LogP contribution in [0.3, 0.4) is 0 Å². The highest BCUT2D eigenvalue weighted by Gasteiger charge is 2.01. The maximum absolute atomic E-state index is 10.1. The summed E-state index contributed by atoms with van der Waals surface area (Å²) in [5.74, 6) is 0.934. The molecule has 0 spiro atoms. The van der Waals surface area contributed by atoms with E-state index in [1.807, 2.05) is 13.0 Å². The molecule has 2 nitrogen and oxygen atoms in total. The van der Waals surface area contributed by atoms with Gasteiger partial charge in [-0.05, 0) is 24.0 Å². The molecule has 1 rings (SSSR count). The number of carbonyl (C=O) groups excluding carboxylic acids is 1. The van der Waals surface area contributed by atoms with Crippen molar-refractivity contribution in [2.45, 2.75) is 11.8 Å². The molecule has 0 aliphatic carbocycles. The predicted octanol–water partition coefficient (Wildman–Crippen LogP) is 3.42. The standard InChI is InChI=1S/C9H8ClNOS/c1-2-13-9-4-3-7(10)5-8(9)11-6-12/h3-5H,2H2,1H3. The molecule has 0 radical (unpaired) electrons. The van der Waals surface area contributed by atoms with Gasteiger partial charge < -0.3 is 0 Å². The zero-order valence-electron chi connectivity index (χ0n) is 7.08. The van der Waals surface area contributed by atoms with Crippen LogP contribution in [0, 0.1) is 0 Å². The number of halogens is 1. The summed E-state index contributed by atoms with van der Waals surface area (Å²) in [5.41, 5.74) is 0.592. The molecule has 13 heavy (non-hydrogen) atoms. The molecule has 0 aliphatic heterocycles. The maximum Gasteiger partial charge on any atom is 0.240 e. The Morgan fingerprint density at radius 2 is 2.38 bits per heavy atom. The maximum atomic E-state index is 10.1. The van der Waals surface area contributed by atoms with E-state index < -0.39 is 0 Å². The van der Waals surface area contributed by atoms with Crippen molar-refractivity contribution < 1.29 is 4.79 Å². The minimum Gasteiger partial charge on any atom is -0.211 e. The minimum absolute atomic E-state index is 0.578. The molecular formula is C9H8ClNOS. The zero-order chi connectivity index (χ0) is 9.68. The molecule has 0 N–H and O–H groups in total. The Hall–Kier alpha value is -0.760. The number of benzene rings is 1. The van der Waals surface area contributed by atoms with E-state index in [0.717, 1.165) is 10.6 Å². The molecule has 0 unspecified atom stereocenters. The molecule has 0 atom stereocenters.